The van der Waals surface area contributed by atoms with Crippen molar-refractivity contribution in [2.24, 2.45) is 0 Å². The molecule has 0 saturated carbocycles. The van der Waals surface area contributed by atoms with E-state index in [1.807, 2.05) is 26.0 Å². The zero-order valence-electron chi connectivity index (χ0n) is 13.1. The molecule has 0 heterocycles. The van der Waals surface area contributed by atoms with E-state index in [0.717, 1.165) is 36.9 Å². The van der Waals surface area contributed by atoms with Crippen molar-refractivity contribution in [1.29, 1.82) is 0 Å². The second-order valence-electron chi connectivity index (χ2n) is 5.54. The van der Waals surface area contributed by atoms with Crippen LogP contribution in [0.3, 0.4) is 0 Å². The van der Waals surface area contributed by atoms with Crippen LogP contribution in [0.4, 0.5) is 0 Å². The quantitative estimate of drug-likeness (QED) is 0.749. The first-order valence-electron chi connectivity index (χ1n) is 7.40. The Labute approximate surface area is 123 Å². The second-order valence-corrected chi connectivity index (χ2v) is 7.62. The number of aryl methyl sites for hydroxylation is 2. The molecule has 0 bridgehead atoms. The Morgan fingerprint density at radius 3 is 2.55 bits per heavy atom. The molecule has 1 rings (SSSR count). The average molecular weight is 297 g/mol. The minimum atomic E-state index is -3.14. The van der Waals surface area contributed by atoms with E-state index < -0.39 is 9.84 Å². The van der Waals surface area contributed by atoms with Crippen molar-refractivity contribution in [2.45, 2.75) is 57.9 Å². The number of sulfone groups is 1. The summed E-state index contributed by atoms with van der Waals surface area (Å²) in [5, 5.41) is 3.34. The number of nitrogens with one attached hydrogen (secondary N) is 1. The first-order chi connectivity index (χ1) is 9.36. The lowest BCUT2D eigenvalue weighted by molar-refractivity contribution is 0.507. The minimum Gasteiger partial charge on any atom is -0.315 e. The summed E-state index contributed by atoms with van der Waals surface area (Å²) >= 11 is 0. The van der Waals surface area contributed by atoms with E-state index in [0.29, 0.717) is 10.9 Å². The maximum absolute atomic E-state index is 12.4. The van der Waals surface area contributed by atoms with Crippen LogP contribution in [0.25, 0.3) is 0 Å². The van der Waals surface area contributed by atoms with E-state index in [2.05, 4.69) is 19.2 Å². The molecule has 0 amide bonds. The fraction of sp³-hybridized carbons (Fsp3) is 0.625. The Balaban J connectivity index is 2.56. The fourth-order valence-corrected chi connectivity index (χ4v) is 4.07. The molecule has 0 radical (unpaired) electrons. The monoisotopic (exact) mass is 297 g/mol. The van der Waals surface area contributed by atoms with Gasteiger partial charge in [0, 0.05) is 6.04 Å². The van der Waals surface area contributed by atoms with Crippen molar-refractivity contribution in [2.75, 3.05) is 12.3 Å². The van der Waals surface area contributed by atoms with Gasteiger partial charge >= 0.3 is 0 Å². The normalized spacial score (nSPS) is 13.4. The van der Waals surface area contributed by atoms with E-state index in [1.165, 1.54) is 0 Å². The van der Waals surface area contributed by atoms with Crippen molar-refractivity contribution in [3.63, 3.8) is 0 Å². The van der Waals surface area contributed by atoms with Crippen molar-refractivity contribution < 1.29 is 8.42 Å². The number of unbranched alkanes of at least 4 members (excludes halogenated alkanes) is 1. The van der Waals surface area contributed by atoms with Crippen molar-refractivity contribution >= 4 is 9.84 Å². The van der Waals surface area contributed by atoms with Gasteiger partial charge in [-0.05, 0) is 57.4 Å². The van der Waals surface area contributed by atoms with Gasteiger partial charge < -0.3 is 5.32 Å². The summed E-state index contributed by atoms with van der Waals surface area (Å²) in [5.74, 6) is 0.246. The molecule has 114 valence electrons. The number of rotatable bonds is 8. The molecule has 0 aromatic heterocycles. The van der Waals surface area contributed by atoms with E-state index in [-0.39, 0.29) is 5.75 Å². The lowest BCUT2D eigenvalue weighted by atomic mass is 10.1. The largest absolute Gasteiger partial charge is 0.315 e. The molecule has 3 nitrogen and oxygen atoms in total. The molecule has 1 N–H and O–H groups in total. The predicted molar refractivity (Wildman–Crippen MR) is 85.0 cm³/mol. The average Bonchev–Trinajstić information content (AvgIpc) is 2.38. The van der Waals surface area contributed by atoms with Gasteiger partial charge in [-0.15, -0.1) is 0 Å². The highest BCUT2D eigenvalue weighted by atomic mass is 32.2. The summed E-state index contributed by atoms with van der Waals surface area (Å²) in [7, 11) is -3.14. The third-order valence-corrected chi connectivity index (χ3v) is 5.47. The Bertz CT molecular complexity index is 523. The molecule has 1 aromatic rings. The standard InChI is InChI=1S/C16H27NO2S/c1-5-17-15(4)8-6-7-11-20(18,19)16-12-13(2)9-10-14(16)3/h9-10,12,15,17H,5-8,11H2,1-4H3. The van der Waals surface area contributed by atoms with Crippen LogP contribution in [0.1, 0.15) is 44.2 Å². The van der Waals surface area contributed by atoms with Gasteiger partial charge in [-0.1, -0.05) is 25.5 Å². The molecule has 4 heteroatoms. The first kappa shape index (κ1) is 17.2. The molecule has 0 saturated heterocycles. The third kappa shape index (κ3) is 5.25. The summed E-state index contributed by atoms with van der Waals surface area (Å²) in [6.45, 7) is 8.97. The van der Waals surface area contributed by atoms with Crippen LogP contribution < -0.4 is 5.32 Å². The van der Waals surface area contributed by atoms with Gasteiger partial charge in [0.25, 0.3) is 0 Å². The van der Waals surface area contributed by atoms with Crippen molar-refractivity contribution in [3.05, 3.63) is 29.3 Å². The molecule has 0 fully saturated rings. The fourth-order valence-electron chi connectivity index (χ4n) is 2.35. The van der Waals surface area contributed by atoms with E-state index in [9.17, 15) is 8.42 Å². The van der Waals surface area contributed by atoms with Crippen LogP contribution in [0.15, 0.2) is 23.1 Å². The SMILES string of the molecule is CCNC(C)CCCCS(=O)(=O)c1cc(C)ccc1C. The lowest BCUT2D eigenvalue weighted by Gasteiger charge is -2.12. The van der Waals surface area contributed by atoms with Gasteiger partial charge in [0.2, 0.25) is 0 Å². The van der Waals surface area contributed by atoms with Crippen LogP contribution in [0.5, 0.6) is 0 Å². The van der Waals surface area contributed by atoms with Crippen LogP contribution in [0, 0.1) is 13.8 Å². The first-order valence-corrected chi connectivity index (χ1v) is 9.05. The van der Waals surface area contributed by atoms with E-state index >= 15 is 0 Å². The highest BCUT2D eigenvalue weighted by Crippen LogP contribution is 2.19. The maximum atomic E-state index is 12.4. The Morgan fingerprint density at radius 2 is 1.90 bits per heavy atom. The molecule has 0 aliphatic carbocycles. The smallest absolute Gasteiger partial charge is 0.178 e. The van der Waals surface area contributed by atoms with E-state index in [4.69, 9.17) is 0 Å². The van der Waals surface area contributed by atoms with Crippen LogP contribution in [-0.2, 0) is 9.84 Å². The molecule has 0 spiro atoms. The zero-order chi connectivity index (χ0) is 15.2. The Hall–Kier alpha value is -0.870. The van der Waals surface area contributed by atoms with Crippen LogP contribution >= 0.6 is 0 Å². The Kier molecular flexibility index (Phi) is 6.69. The van der Waals surface area contributed by atoms with Gasteiger partial charge in [-0.25, -0.2) is 8.42 Å². The number of hydrogen-bond donors (Lipinski definition) is 1. The number of hydrogen-bond acceptors (Lipinski definition) is 3. The summed E-state index contributed by atoms with van der Waals surface area (Å²) in [5.41, 5.74) is 1.84. The van der Waals surface area contributed by atoms with Gasteiger partial charge in [0.15, 0.2) is 9.84 Å². The van der Waals surface area contributed by atoms with Gasteiger partial charge in [-0.2, -0.15) is 0 Å². The molecule has 0 aliphatic heterocycles. The highest BCUT2D eigenvalue weighted by molar-refractivity contribution is 7.91. The molecule has 1 unspecified atom stereocenters. The van der Waals surface area contributed by atoms with Crippen molar-refractivity contribution in [1.82, 2.24) is 5.32 Å². The Morgan fingerprint density at radius 1 is 1.20 bits per heavy atom. The van der Waals surface area contributed by atoms with Gasteiger partial charge in [0.1, 0.15) is 0 Å². The second kappa shape index (κ2) is 7.79. The zero-order valence-corrected chi connectivity index (χ0v) is 13.9. The summed E-state index contributed by atoms with van der Waals surface area (Å²) in [4.78, 5) is 0.497. The number of benzene rings is 1. The molecule has 1 aromatic carbocycles. The molecular formula is C16H27NO2S. The van der Waals surface area contributed by atoms with Crippen LogP contribution in [-0.4, -0.2) is 26.8 Å². The molecule has 20 heavy (non-hydrogen) atoms. The molecular weight excluding hydrogens is 270 g/mol. The van der Waals surface area contributed by atoms with E-state index in [1.54, 1.807) is 6.07 Å². The summed E-state index contributed by atoms with van der Waals surface area (Å²) < 4.78 is 24.7. The third-order valence-electron chi connectivity index (χ3n) is 3.53. The maximum Gasteiger partial charge on any atom is 0.178 e. The minimum absolute atomic E-state index is 0.246. The summed E-state index contributed by atoms with van der Waals surface area (Å²) in [6.07, 6.45) is 2.69. The lowest BCUT2D eigenvalue weighted by Crippen LogP contribution is -2.25. The van der Waals surface area contributed by atoms with Gasteiger partial charge in [0.05, 0.1) is 10.6 Å². The van der Waals surface area contributed by atoms with Crippen LogP contribution in [0.2, 0.25) is 0 Å². The summed E-state index contributed by atoms with van der Waals surface area (Å²) in [6, 6.07) is 6.08. The topological polar surface area (TPSA) is 46.2 Å². The van der Waals surface area contributed by atoms with Crippen molar-refractivity contribution in [3.8, 4) is 0 Å². The molecule has 0 aliphatic rings. The predicted octanol–water partition coefficient (Wildman–Crippen LogP) is 3.25. The highest BCUT2D eigenvalue weighted by Gasteiger charge is 2.16. The molecule has 1 atom stereocenters. The van der Waals surface area contributed by atoms with Gasteiger partial charge in [-0.3, -0.25) is 0 Å².